The van der Waals surface area contributed by atoms with Crippen LogP contribution in [0.5, 0.6) is 0 Å². The number of H-pyrrole nitrogens is 1. The van der Waals surface area contributed by atoms with Crippen molar-refractivity contribution < 1.29 is 9.59 Å². The van der Waals surface area contributed by atoms with E-state index in [1.54, 1.807) is 6.20 Å². The minimum absolute atomic E-state index is 0.291. The molecular formula is C23H31N7O2S. The van der Waals surface area contributed by atoms with Gasteiger partial charge in [-0.05, 0) is 50.4 Å². The summed E-state index contributed by atoms with van der Waals surface area (Å²) in [5.41, 5.74) is 1.60. The maximum atomic E-state index is 13.1. The van der Waals surface area contributed by atoms with Gasteiger partial charge >= 0.3 is 6.03 Å². The first kappa shape index (κ1) is 23.2. The summed E-state index contributed by atoms with van der Waals surface area (Å²) >= 11 is 1.42. The van der Waals surface area contributed by atoms with E-state index in [1.807, 2.05) is 24.3 Å². The van der Waals surface area contributed by atoms with Crippen LogP contribution in [0.2, 0.25) is 0 Å². The molecule has 0 aliphatic carbocycles. The van der Waals surface area contributed by atoms with Crippen LogP contribution >= 0.6 is 11.3 Å². The summed E-state index contributed by atoms with van der Waals surface area (Å²) in [6.45, 7) is 6.69. The Morgan fingerprint density at radius 2 is 1.97 bits per heavy atom. The third kappa shape index (κ3) is 6.08. The van der Waals surface area contributed by atoms with Crippen molar-refractivity contribution in [3.63, 3.8) is 0 Å². The zero-order valence-electron chi connectivity index (χ0n) is 19.0. The third-order valence-electron chi connectivity index (χ3n) is 5.67. The highest BCUT2D eigenvalue weighted by molar-refractivity contribution is 7.13. The third-order valence-corrected chi connectivity index (χ3v) is 6.83. The molecule has 33 heavy (non-hydrogen) atoms. The van der Waals surface area contributed by atoms with Crippen LogP contribution in [0.4, 0.5) is 4.79 Å². The van der Waals surface area contributed by atoms with E-state index in [1.165, 1.54) is 11.3 Å². The number of aromatic nitrogens is 3. The molecule has 10 heteroatoms. The van der Waals surface area contributed by atoms with Crippen molar-refractivity contribution in [2.45, 2.75) is 45.2 Å². The molecule has 0 radical (unpaired) electrons. The number of fused-ring (bicyclic) bond motifs is 1. The molecule has 1 atom stereocenters. The van der Waals surface area contributed by atoms with Crippen LogP contribution in [0.25, 0.3) is 11.0 Å². The molecule has 4 rings (SSSR count). The van der Waals surface area contributed by atoms with E-state index in [0.29, 0.717) is 29.1 Å². The Labute approximate surface area is 197 Å². The number of nitrogens with zero attached hydrogens (tertiary/aromatic N) is 2. The van der Waals surface area contributed by atoms with Crippen molar-refractivity contribution >= 4 is 34.3 Å². The Kier molecular flexibility index (Phi) is 7.56. The average Bonchev–Trinajstić information content (AvgIpc) is 3.46. The predicted octanol–water partition coefficient (Wildman–Crippen LogP) is 3.26. The SMILES string of the molecule is CC(C)CCNC(=O)NC(NC(=O)c1cnc(C2CCNCC2)s1)c1nc2ccccc2[nH]1. The molecule has 2 aromatic heterocycles. The van der Waals surface area contributed by atoms with Gasteiger partial charge in [-0.2, -0.15) is 0 Å². The van der Waals surface area contributed by atoms with Gasteiger partial charge in [0, 0.05) is 12.5 Å². The minimum Gasteiger partial charge on any atom is -0.339 e. The van der Waals surface area contributed by atoms with Crippen LogP contribution in [0.3, 0.4) is 0 Å². The highest BCUT2D eigenvalue weighted by Crippen LogP contribution is 2.29. The van der Waals surface area contributed by atoms with Crippen molar-refractivity contribution in [1.29, 1.82) is 0 Å². The Morgan fingerprint density at radius 3 is 2.73 bits per heavy atom. The molecule has 1 fully saturated rings. The quantitative estimate of drug-likeness (QED) is 0.324. The molecule has 0 bridgehead atoms. The number of aromatic amines is 1. The Hall–Kier alpha value is -2.98. The zero-order chi connectivity index (χ0) is 23.2. The van der Waals surface area contributed by atoms with Gasteiger partial charge in [-0.25, -0.2) is 14.8 Å². The average molecular weight is 470 g/mol. The molecule has 5 N–H and O–H groups in total. The monoisotopic (exact) mass is 469 g/mol. The van der Waals surface area contributed by atoms with Crippen LogP contribution in [0.1, 0.15) is 65.7 Å². The number of urea groups is 1. The van der Waals surface area contributed by atoms with E-state index < -0.39 is 6.17 Å². The molecule has 0 saturated carbocycles. The highest BCUT2D eigenvalue weighted by atomic mass is 32.1. The number of benzene rings is 1. The summed E-state index contributed by atoms with van der Waals surface area (Å²) in [6, 6.07) is 7.23. The van der Waals surface area contributed by atoms with Crippen LogP contribution in [-0.4, -0.2) is 46.5 Å². The van der Waals surface area contributed by atoms with Crippen LogP contribution < -0.4 is 21.3 Å². The number of hydrogen-bond donors (Lipinski definition) is 5. The lowest BCUT2D eigenvalue weighted by molar-refractivity contribution is 0.0933. The lowest BCUT2D eigenvalue weighted by Crippen LogP contribution is -2.46. The minimum atomic E-state index is -0.812. The molecule has 9 nitrogen and oxygen atoms in total. The van der Waals surface area contributed by atoms with E-state index in [2.05, 4.69) is 50.1 Å². The molecule has 3 heterocycles. The second kappa shape index (κ2) is 10.8. The van der Waals surface area contributed by atoms with Crippen LogP contribution in [-0.2, 0) is 0 Å². The smallest absolute Gasteiger partial charge is 0.316 e. The predicted molar refractivity (Wildman–Crippen MR) is 129 cm³/mol. The fourth-order valence-corrected chi connectivity index (χ4v) is 4.78. The summed E-state index contributed by atoms with van der Waals surface area (Å²) < 4.78 is 0. The molecule has 1 aliphatic heterocycles. The van der Waals surface area contributed by atoms with Gasteiger partial charge in [-0.15, -0.1) is 11.3 Å². The normalized spacial score (nSPS) is 15.5. The topological polar surface area (TPSA) is 124 Å². The maximum absolute atomic E-state index is 13.1. The number of imidazole rings is 1. The number of piperidine rings is 1. The fraction of sp³-hybridized carbons (Fsp3) is 0.478. The standard InChI is InChI=1S/C23H31N7O2S/c1-14(2)7-12-25-23(32)30-20(19-27-16-5-3-4-6-17(16)28-19)29-21(31)18-13-26-22(33-18)15-8-10-24-11-9-15/h3-6,13-15,20,24H,7-12H2,1-2H3,(H,27,28)(H,29,31)(H2,25,30,32). The number of hydrogen-bond acceptors (Lipinski definition) is 6. The first-order valence-corrected chi connectivity index (χ1v) is 12.3. The van der Waals surface area contributed by atoms with Gasteiger partial charge < -0.3 is 26.3 Å². The molecule has 176 valence electrons. The van der Waals surface area contributed by atoms with E-state index in [9.17, 15) is 9.59 Å². The molecule has 1 aliphatic rings. The Morgan fingerprint density at radius 1 is 1.18 bits per heavy atom. The van der Waals surface area contributed by atoms with E-state index in [0.717, 1.165) is 48.4 Å². The van der Waals surface area contributed by atoms with Crippen LogP contribution in [0.15, 0.2) is 30.5 Å². The van der Waals surface area contributed by atoms with Gasteiger partial charge in [-0.3, -0.25) is 4.79 Å². The lowest BCUT2D eigenvalue weighted by Gasteiger charge is -2.20. The summed E-state index contributed by atoms with van der Waals surface area (Å²) in [4.78, 5) is 38.4. The van der Waals surface area contributed by atoms with Crippen molar-refractivity contribution in [2.75, 3.05) is 19.6 Å². The fourth-order valence-electron chi connectivity index (χ4n) is 3.79. The van der Waals surface area contributed by atoms with Gasteiger partial charge in [0.2, 0.25) is 0 Å². The second-order valence-corrected chi connectivity index (χ2v) is 9.78. The molecule has 3 aromatic rings. The molecular weight excluding hydrogens is 438 g/mol. The number of nitrogens with one attached hydrogen (secondary N) is 5. The van der Waals surface area contributed by atoms with Crippen molar-refractivity contribution in [1.82, 2.24) is 36.2 Å². The Bertz CT molecular complexity index is 1050. The van der Waals surface area contributed by atoms with Gasteiger partial charge in [0.15, 0.2) is 12.0 Å². The zero-order valence-corrected chi connectivity index (χ0v) is 19.8. The van der Waals surface area contributed by atoms with Crippen molar-refractivity contribution in [3.8, 4) is 0 Å². The first-order chi connectivity index (χ1) is 16.0. The van der Waals surface area contributed by atoms with Gasteiger partial charge in [0.05, 0.1) is 22.2 Å². The number of carbonyl (C=O) groups excluding carboxylic acids is 2. The van der Waals surface area contributed by atoms with Gasteiger partial charge in [0.1, 0.15) is 4.88 Å². The van der Waals surface area contributed by atoms with E-state index >= 15 is 0 Å². The molecule has 1 unspecified atom stereocenters. The van der Waals surface area contributed by atoms with Crippen molar-refractivity contribution in [2.24, 2.45) is 5.92 Å². The first-order valence-electron chi connectivity index (χ1n) is 11.5. The maximum Gasteiger partial charge on any atom is 0.316 e. The summed E-state index contributed by atoms with van der Waals surface area (Å²) in [6.07, 6.45) is 3.72. The summed E-state index contributed by atoms with van der Waals surface area (Å²) in [7, 11) is 0. The summed E-state index contributed by atoms with van der Waals surface area (Å²) in [5, 5.41) is 12.9. The molecule has 1 saturated heterocycles. The molecule has 0 spiro atoms. The largest absolute Gasteiger partial charge is 0.339 e. The van der Waals surface area contributed by atoms with Crippen LogP contribution in [0, 0.1) is 5.92 Å². The van der Waals surface area contributed by atoms with E-state index in [-0.39, 0.29) is 11.9 Å². The van der Waals surface area contributed by atoms with Gasteiger partial charge in [-0.1, -0.05) is 26.0 Å². The molecule has 3 amide bonds. The Balaban J connectivity index is 1.48. The highest BCUT2D eigenvalue weighted by Gasteiger charge is 2.24. The lowest BCUT2D eigenvalue weighted by atomic mass is 9.99. The van der Waals surface area contributed by atoms with Crippen molar-refractivity contribution in [3.05, 3.63) is 46.2 Å². The van der Waals surface area contributed by atoms with E-state index in [4.69, 9.17) is 0 Å². The number of para-hydroxylation sites is 2. The number of rotatable bonds is 8. The summed E-state index contributed by atoms with van der Waals surface area (Å²) in [5.74, 6) is 1.04. The number of thiazole rings is 1. The number of amides is 3. The second-order valence-electron chi connectivity index (χ2n) is 8.72. The molecule has 1 aromatic carbocycles. The van der Waals surface area contributed by atoms with Gasteiger partial charge in [0.25, 0.3) is 5.91 Å². The number of carbonyl (C=O) groups is 2.